The summed E-state index contributed by atoms with van der Waals surface area (Å²) in [6, 6.07) is 4.98. The Morgan fingerprint density at radius 1 is 1.00 bits per heavy atom. The van der Waals surface area contributed by atoms with Crippen molar-refractivity contribution < 1.29 is 44.5 Å². The molecular weight excluding hydrogens is 331 g/mol. The zero-order valence-corrected chi connectivity index (χ0v) is 11.5. The van der Waals surface area contributed by atoms with Crippen LogP contribution in [0.2, 0.25) is 0 Å². The van der Waals surface area contributed by atoms with E-state index in [9.17, 15) is 13.2 Å². The number of benzene rings is 1. The Bertz CT molecular complexity index is 264. The van der Waals surface area contributed by atoms with Gasteiger partial charge >= 0.3 is 6.18 Å². The molecule has 1 aromatic carbocycles. The molecular formula is C8H9Cl2F3OZr. The minimum absolute atomic E-state index is 0. The number of phenols is 1. The van der Waals surface area contributed by atoms with Gasteiger partial charge in [-0.25, -0.2) is 0 Å². The van der Waals surface area contributed by atoms with Crippen molar-refractivity contribution >= 4 is 24.8 Å². The van der Waals surface area contributed by atoms with Crippen molar-refractivity contribution in [3.8, 4) is 5.75 Å². The Labute approximate surface area is 117 Å². The maximum absolute atomic E-state index is 11.8. The van der Waals surface area contributed by atoms with Gasteiger partial charge in [0, 0.05) is 26.2 Å². The van der Waals surface area contributed by atoms with E-state index in [-0.39, 0.29) is 62.3 Å². The van der Waals surface area contributed by atoms with Gasteiger partial charge in [-0.15, -0.1) is 24.8 Å². The van der Waals surface area contributed by atoms with E-state index < -0.39 is 12.6 Å². The van der Waals surface area contributed by atoms with Gasteiger partial charge in [0.15, 0.2) is 0 Å². The van der Waals surface area contributed by atoms with Gasteiger partial charge in [0.2, 0.25) is 0 Å². The van der Waals surface area contributed by atoms with Crippen LogP contribution < -0.4 is 0 Å². The van der Waals surface area contributed by atoms with Gasteiger partial charge < -0.3 is 5.11 Å². The molecule has 1 nitrogen and oxygen atoms in total. The number of phenolic OH excluding ortho intramolecular Hbond substituents is 1. The van der Waals surface area contributed by atoms with Crippen LogP contribution >= 0.6 is 24.8 Å². The van der Waals surface area contributed by atoms with Crippen LogP contribution in [0.3, 0.4) is 0 Å². The zero-order chi connectivity index (χ0) is 9.19. The first-order valence-electron chi connectivity index (χ1n) is 3.32. The molecule has 86 valence electrons. The van der Waals surface area contributed by atoms with Gasteiger partial charge in [0.05, 0.1) is 6.42 Å². The molecule has 0 unspecified atom stereocenters. The molecule has 1 aromatic rings. The van der Waals surface area contributed by atoms with Gasteiger partial charge in [-0.3, -0.25) is 0 Å². The van der Waals surface area contributed by atoms with Crippen molar-refractivity contribution in [1.29, 1.82) is 0 Å². The second-order valence-electron chi connectivity index (χ2n) is 2.46. The third-order valence-electron chi connectivity index (χ3n) is 1.34. The van der Waals surface area contributed by atoms with Crippen LogP contribution in [0, 0.1) is 0 Å². The van der Waals surface area contributed by atoms with E-state index in [1.54, 1.807) is 0 Å². The number of hydrogen-bond acceptors (Lipinski definition) is 1. The molecule has 0 saturated heterocycles. The van der Waals surface area contributed by atoms with Gasteiger partial charge in [0.25, 0.3) is 0 Å². The molecule has 0 fully saturated rings. The maximum Gasteiger partial charge on any atom is 0.393 e. The van der Waals surface area contributed by atoms with Crippen LogP contribution in [-0.4, -0.2) is 11.3 Å². The fourth-order valence-corrected chi connectivity index (χ4v) is 0.845. The normalized spacial score (nSPS) is 9.27. The molecule has 1 N–H and O–H groups in total. The van der Waals surface area contributed by atoms with Crippen LogP contribution in [0.15, 0.2) is 24.3 Å². The average molecular weight is 340 g/mol. The van der Waals surface area contributed by atoms with Crippen LogP contribution in [0.25, 0.3) is 0 Å². The van der Waals surface area contributed by atoms with Gasteiger partial charge in [-0.2, -0.15) is 13.2 Å². The summed E-state index contributed by atoms with van der Waals surface area (Å²) >= 11 is 0. The second kappa shape index (κ2) is 8.43. The molecule has 0 aliphatic rings. The molecule has 0 bridgehead atoms. The second-order valence-corrected chi connectivity index (χ2v) is 2.46. The molecule has 1 rings (SSSR count). The first-order chi connectivity index (χ1) is 5.47. The summed E-state index contributed by atoms with van der Waals surface area (Å²) in [5, 5.41) is 8.77. The number of rotatable bonds is 1. The predicted molar refractivity (Wildman–Crippen MR) is 52.4 cm³/mol. The molecule has 0 heterocycles. The summed E-state index contributed by atoms with van der Waals surface area (Å²) < 4.78 is 35.3. The minimum Gasteiger partial charge on any atom is -0.508 e. The van der Waals surface area contributed by atoms with Gasteiger partial charge in [-0.1, -0.05) is 12.1 Å². The first-order valence-corrected chi connectivity index (χ1v) is 3.32. The predicted octanol–water partition coefficient (Wildman–Crippen LogP) is 3.34. The molecule has 0 radical (unpaired) electrons. The van der Waals surface area contributed by atoms with E-state index in [0.29, 0.717) is 0 Å². The van der Waals surface area contributed by atoms with Crippen molar-refractivity contribution in [3.63, 3.8) is 0 Å². The quantitative estimate of drug-likeness (QED) is 0.831. The summed E-state index contributed by atoms with van der Waals surface area (Å²) in [6.45, 7) is 0. The largest absolute Gasteiger partial charge is 0.508 e. The van der Waals surface area contributed by atoms with Crippen molar-refractivity contribution in [1.82, 2.24) is 0 Å². The van der Waals surface area contributed by atoms with Gasteiger partial charge in [-0.05, 0) is 17.7 Å². The summed E-state index contributed by atoms with van der Waals surface area (Å²) in [4.78, 5) is 0. The van der Waals surface area contributed by atoms with Crippen LogP contribution in [0.5, 0.6) is 5.75 Å². The molecule has 0 aromatic heterocycles. The summed E-state index contributed by atoms with van der Waals surface area (Å²) in [7, 11) is 0. The molecule has 0 amide bonds. The third kappa shape index (κ3) is 9.22. The third-order valence-corrected chi connectivity index (χ3v) is 1.34. The minimum atomic E-state index is -4.18. The van der Waals surface area contributed by atoms with Crippen LogP contribution in [0.4, 0.5) is 13.2 Å². The number of alkyl halides is 3. The van der Waals surface area contributed by atoms with E-state index in [1.807, 2.05) is 0 Å². The Morgan fingerprint density at radius 2 is 1.40 bits per heavy atom. The van der Waals surface area contributed by atoms with E-state index in [1.165, 1.54) is 24.3 Å². The Kier molecular flexibility index (Phi) is 11.6. The molecule has 0 aliphatic carbocycles. The molecule has 0 atom stereocenters. The summed E-state index contributed by atoms with van der Waals surface area (Å²) in [5.74, 6) is -0.0269. The topological polar surface area (TPSA) is 20.2 Å². The van der Waals surface area contributed by atoms with Crippen molar-refractivity contribution in [2.24, 2.45) is 0 Å². The fourth-order valence-electron chi connectivity index (χ4n) is 0.845. The first kappa shape index (κ1) is 20.7. The fraction of sp³-hybridized carbons (Fsp3) is 0.250. The summed E-state index contributed by atoms with van der Waals surface area (Å²) in [5.41, 5.74) is 0.153. The smallest absolute Gasteiger partial charge is 0.393 e. The SMILES string of the molecule is Cl.Cl.Oc1ccc(CC(F)(F)F)cc1.[Zr]. The van der Waals surface area contributed by atoms with E-state index in [0.717, 1.165) is 0 Å². The van der Waals surface area contributed by atoms with Crippen molar-refractivity contribution in [3.05, 3.63) is 29.8 Å². The standard InChI is InChI=1S/C8H7F3O.2ClH.Zr/c9-8(10,11)5-6-1-3-7(12)4-2-6;;;/h1-4,12H,5H2;2*1H;. The number of halogens is 5. The summed E-state index contributed by atoms with van der Waals surface area (Å²) in [6.07, 6.45) is -5.13. The monoisotopic (exact) mass is 338 g/mol. The Balaban J connectivity index is -0.000000480. The van der Waals surface area contributed by atoms with E-state index in [2.05, 4.69) is 0 Å². The zero-order valence-electron chi connectivity index (χ0n) is 7.41. The molecule has 7 heteroatoms. The molecule has 0 saturated carbocycles. The maximum atomic E-state index is 11.8. The Hall–Kier alpha value is 0.273. The molecule has 0 spiro atoms. The van der Waals surface area contributed by atoms with E-state index in [4.69, 9.17) is 5.11 Å². The van der Waals surface area contributed by atoms with E-state index >= 15 is 0 Å². The van der Waals surface area contributed by atoms with Crippen molar-refractivity contribution in [2.45, 2.75) is 12.6 Å². The van der Waals surface area contributed by atoms with Gasteiger partial charge in [0.1, 0.15) is 5.75 Å². The van der Waals surface area contributed by atoms with Crippen LogP contribution in [0.1, 0.15) is 5.56 Å². The molecule has 0 aliphatic heterocycles. The Morgan fingerprint density at radius 3 is 1.73 bits per heavy atom. The van der Waals surface area contributed by atoms with Crippen molar-refractivity contribution in [2.75, 3.05) is 0 Å². The number of aromatic hydroxyl groups is 1. The number of hydrogen-bond donors (Lipinski definition) is 1. The van der Waals surface area contributed by atoms with Crippen LogP contribution in [-0.2, 0) is 32.6 Å². The average Bonchev–Trinajstić information content (AvgIpc) is 1.91. The molecule has 15 heavy (non-hydrogen) atoms.